The summed E-state index contributed by atoms with van der Waals surface area (Å²) < 4.78 is 5.18. The number of hydrogen-bond acceptors (Lipinski definition) is 5. The number of hydrogen-bond donors (Lipinski definition) is 4. The van der Waals surface area contributed by atoms with Crippen LogP contribution >= 0.6 is 23.2 Å². The lowest BCUT2D eigenvalue weighted by atomic mass is 10.0. The van der Waals surface area contributed by atoms with E-state index >= 15 is 0 Å². The monoisotopic (exact) mass is 323 g/mol. The highest BCUT2D eigenvalue weighted by atomic mass is 35.5. The molecule has 112 valence electrons. The summed E-state index contributed by atoms with van der Waals surface area (Å²) in [5.41, 5.74) is -1.47. The molecule has 0 unspecified atom stereocenters. The Morgan fingerprint density at radius 2 is 1.75 bits per heavy atom. The number of benzene rings is 1. The topological polar surface area (TPSA) is 99.0 Å². The predicted molar refractivity (Wildman–Crippen MR) is 74.1 cm³/mol. The molecule has 0 fully saturated rings. The molecule has 1 aromatic carbocycles. The van der Waals surface area contributed by atoms with E-state index in [1.807, 2.05) is 0 Å². The molecule has 0 aromatic heterocycles. The van der Waals surface area contributed by atoms with Crippen LogP contribution in [-0.2, 0) is 4.79 Å². The number of aliphatic hydroxyl groups excluding tert-OH is 3. The first-order chi connectivity index (χ1) is 9.46. The molecule has 4 N–H and O–H groups in total. The molecule has 0 aliphatic heterocycles. The lowest BCUT2D eigenvalue weighted by molar-refractivity contribution is -0.127. The van der Waals surface area contributed by atoms with E-state index in [1.54, 1.807) is 6.07 Å². The van der Waals surface area contributed by atoms with Crippen LogP contribution < -0.4 is 10.1 Å². The second kappa shape index (κ2) is 7.66. The molecular formula is C12H15Cl2NO5. The fourth-order valence-corrected chi connectivity index (χ4v) is 1.60. The van der Waals surface area contributed by atoms with Crippen molar-refractivity contribution in [2.75, 3.05) is 26.4 Å². The van der Waals surface area contributed by atoms with Gasteiger partial charge in [0.05, 0.1) is 29.9 Å². The van der Waals surface area contributed by atoms with Crippen molar-refractivity contribution in [3.05, 3.63) is 28.2 Å². The molecule has 1 rings (SSSR count). The molecule has 0 heterocycles. The number of amides is 1. The Labute approximate surface area is 125 Å². The van der Waals surface area contributed by atoms with Gasteiger partial charge in [-0.25, -0.2) is 0 Å². The third-order valence-corrected chi connectivity index (χ3v) is 3.31. The van der Waals surface area contributed by atoms with Gasteiger partial charge >= 0.3 is 0 Å². The Kier molecular flexibility index (Phi) is 6.51. The van der Waals surface area contributed by atoms with E-state index in [9.17, 15) is 4.79 Å². The van der Waals surface area contributed by atoms with Gasteiger partial charge in [0, 0.05) is 6.07 Å². The maximum atomic E-state index is 11.6. The number of aliphatic hydroxyl groups is 3. The molecule has 6 nitrogen and oxygen atoms in total. The largest absolute Gasteiger partial charge is 0.484 e. The summed E-state index contributed by atoms with van der Waals surface area (Å²) in [5, 5.41) is 30.2. The van der Waals surface area contributed by atoms with Crippen LogP contribution in [-0.4, -0.2) is 53.2 Å². The van der Waals surface area contributed by atoms with Gasteiger partial charge in [0.15, 0.2) is 6.61 Å². The van der Waals surface area contributed by atoms with Crippen LogP contribution in [0.2, 0.25) is 10.0 Å². The van der Waals surface area contributed by atoms with Gasteiger partial charge in [-0.15, -0.1) is 0 Å². The normalized spacial score (nSPS) is 11.2. The zero-order chi connectivity index (χ0) is 15.2. The maximum Gasteiger partial charge on any atom is 0.258 e. The van der Waals surface area contributed by atoms with Crippen molar-refractivity contribution in [2.45, 2.75) is 5.54 Å². The van der Waals surface area contributed by atoms with E-state index < -0.39 is 31.3 Å². The highest BCUT2D eigenvalue weighted by Gasteiger charge is 2.29. The fourth-order valence-electron chi connectivity index (χ4n) is 1.32. The van der Waals surface area contributed by atoms with Crippen LogP contribution in [0.1, 0.15) is 0 Å². The fraction of sp³-hybridized carbons (Fsp3) is 0.417. The zero-order valence-electron chi connectivity index (χ0n) is 10.5. The average molecular weight is 324 g/mol. The summed E-state index contributed by atoms with van der Waals surface area (Å²) >= 11 is 11.5. The number of carbonyl (C=O) groups is 1. The second-order valence-electron chi connectivity index (χ2n) is 4.17. The van der Waals surface area contributed by atoms with Gasteiger partial charge in [0.1, 0.15) is 11.3 Å². The number of nitrogens with one attached hydrogen (secondary N) is 1. The van der Waals surface area contributed by atoms with Crippen LogP contribution in [0.5, 0.6) is 5.75 Å². The minimum absolute atomic E-state index is 0.292. The number of rotatable bonds is 7. The molecule has 8 heteroatoms. The molecule has 0 atom stereocenters. The molecule has 0 aliphatic rings. The van der Waals surface area contributed by atoms with Gasteiger partial charge in [0.2, 0.25) is 0 Å². The third kappa shape index (κ3) is 4.50. The van der Waals surface area contributed by atoms with E-state index in [0.29, 0.717) is 15.8 Å². The van der Waals surface area contributed by atoms with Gasteiger partial charge in [-0.2, -0.15) is 0 Å². The zero-order valence-corrected chi connectivity index (χ0v) is 12.0. The second-order valence-corrected chi connectivity index (χ2v) is 4.98. The molecule has 0 bridgehead atoms. The molecule has 0 saturated carbocycles. The molecule has 0 radical (unpaired) electrons. The first kappa shape index (κ1) is 17.0. The van der Waals surface area contributed by atoms with Crippen molar-refractivity contribution in [3.63, 3.8) is 0 Å². The third-order valence-electron chi connectivity index (χ3n) is 2.57. The van der Waals surface area contributed by atoms with E-state index in [-0.39, 0.29) is 6.61 Å². The van der Waals surface area contributed by atoms with E-state index in [2.05, 4.69) is 5.32 Å². The van der Waals surface area contributed by atoms with E-state index in [4.69, 9.17) is 43.3 Å². The number of carbonyl (C=O) groups excluding carboxylic acids is 1. The van der Waals surface area contributed by atoms with E-state index in [1.165, 1.54) is 12.1 Å². The van der Waals surface area contributed by atoms with Crippen LogP contribution in [0.4, 0.5) is 0 Å². The van der Waals surface area contributed by atoms with Gasteiger partial charge in [0.25, 0.3) is 5.91 Å². The Hall–Kier alpha value is -1.05. The van der Waals surface area contributed by atoms with Crippen molar-refractivity contribution >= 4 is 29.1 Å². The van der Waals surface area contributed by atoms with Gasteiger partial charge in [-0.1, -0.05) is 23.2 Å². The molecule has 1 aromatic rings. The summed E-state index contributed by atoms with van der Waals surface area (Å²) in [4.78, 5) is 11.6. The maximum absolute atomic E-state index is 11.6. The number of halogens is 2. The lowest BCUT2D eigenvalue weighted by Gasteiger charge is -2.28. The van der Waals surface area contributed by atoms with Gasteiger partial charge in [-0.05, 0) is 12.1 Å². The van der Waals surface area contributed by atoms with Crippen molar-refractivity contribution < 1.29 is 24.9 Å². The van der Waals surface area contributed by atoms with Crippen molar-refractivity contribution in [2.24, 2.45) is 0 Å². The van der Waals surface area contributed by atoms with Gasteiger partial charge in [-0.3, -0.25) is 4.79 Å². The van der Waals surface area contributed by atoms with Crippen LogP contribution in [0, 0.1) is 0 Å². The minimum atomic E-state index is -1.47. The Morgan fingerprint density at radius 1 is 1.15 bits per heavy atom. The molecular weight excluding hydrogens is 309 g/mol. The lowest BCUT2D eigenvalue weighted by Crippen LogP contribution is -2.58. The Balaban J connectivity index is 2.56. The first-order valence-electron chi connectivity index (χ1n) is 5.68. The molecule has 1 amide bonds. The summed E-state index contributed by atoms with van der Waals surface area (Å²) in [7, 11) is 0. The molecule has 20 heavy (non-hydrogen) atoms. The Morgan fingerprint density at radius 3 is 2.25 bits per heavy atom. The smallest absolute Gasteiger partial charge is 0.258 e. The number of ether oxygens (including phenoxy) is 1. The molecule has 0 spiro atoms. The van der Waals surface area contributed by atoms with Crippen molar-refractivity contribution in [3.8, 4) is 5.75 Å². The first-order valence-corrected chi connectivity index (χ1v) is 6.43. The van der Waals surface area contributed by atoms with Crippen LogP contribution in [0.25, 0.3) is 0 Å². The van der Waals surface area contributed by atoms with Crippen molar-refractivity contribution in [1.82, 2.24) is 5.32 Å². The predicted octanol–water partition coefficient (Wildman–Crippen LogP) is 0.204. The highest BCUT2D eigenvalue weighted by molar-refractivity contribution is 6.42. The van der Waals surface area contributed by atoms with Crippen LogP contribution in [0.3, 0.4) is 0 Å². The van der Waals surface area contributed by atoms with Crippen LogP contribution in [0.15, 0.2) is 18.2 Å². The summed E-state index contributed by atoms with van der Waals surface area (Å²) in [5.74, 6) is -0.259. The summed E-state index contributed by atoms with van der Waals surface area (Å²) in [6.07, 6.45) is 0. The van der Waals surface area contributed by atoms with Gasteiger partial charge < -0.3 is 25.4 Å². The minimum Gasteiger partial charge on any atom is -0.484 e. The SMILES string of the molecule is O=C(COc1ccc(Cl)c(Cl)c1)NC(CO)(CO)CO. The van der Waals surface area contributed by atoms with E-state index in [0.717, 1.165) is 0 Å². The molecule has 0 saturated heterocycles. The van der Waals surface area contributed by atoms with Crippen molar-refractivity contribution in [1.29, 1.82) is 0 Å². The highest BCUT2D eigenvalue weighted by Crippen LogP contribution is 2.26. The summed E-state index contributed by atoms with van der Waals surface area (Å²) in [6, 6.07) is 4.52. The standard InChI is InChI=1S/C12H15Cl2NO5/c13-9-2-1-8(3-10(9)14)20-4-11(19)15-12(5-16,6-17)7-18/h1-3,16-18H,4-7H2,(H,15,19). The summed E-state index contributed by atoms with van der Waals surface area (Å²) in [6.45, 7) is -2.16. The average Bonchev–Trinajstić information content (AvgIpc) is 2.46. The quantitative estimate of drug-likeness (QED) is 0.574. The Bertz CT molecular complexity index is 457. The molecule has 0 aliphatic carbocycles.